The Morgan fingerprint density at radius 1 is 0.571 bits per heavy atom. The van der Waals surface area contributed by atoms with Crippen LogP contribution in [-0.2, 0) is 6.42 Å². The Hall–Kier alpha value is -5.45. The minimum absolute atomic E-state index is 0.436. The second-order valence-electron chi connectivity index (χ2n) is 13.7. The third-order valence-electron chi connectivity index (χ3n) is 10.3. The molecular weight excluding hydrogens is 615 g/mol. The lowest BCUT2D eigenvalue weighted by atomic mass is 9.85. The van der Waals surface area contributed by atoms with Crippen molar-refractivity contribution in [2.24, 2.45) is 11.8 Å². The van der Waals surface area contributed by atoms with Crippen LogP contribution in [0.4, 0.5) is 0 Å². The van der Waals surface area contributed by atoms with Crippen molar-refractivity contribution in [1.29, 1.82) is 0 Å². The van der Waals surface area contributed by atoms with Crippen LogP contribution < -0.4 is 0 Å². The largest absolute Gasteiger partial charge is 0.208 e. The standard InChI is InChI=1S/C45H33N3S/c1-26-11-8-16-30(23-26)44-46-43(29-12-4-3-5-13-29)47-45(48-44)36-18-7-6-17-31(36)35-22-21-34-32-19-9-14-28-15-10-20-33(39(28)32)37-24-27(2)25-38-40(37)41(34)42(35)49-38/h3-10,12-24,26-27H,11,25H2,1-2H3. The van der Waals surface area contributed by atoms with E-state index in [1.54, 1.807) is 0 Å². The molecular formula is C45H33N3S. The van der Waals surface area contributed by atoms with Gasteiger partial charge in [-0.25, -0.2) is 15.0 Å². The highest BCUT2D eigenvalue weighted by Gasteiger charge is 2.31. The summed E-state index contributed by atoms with van der Waals surface area (Å²) in [6.45, 7) is 4.60. The number of benzene rings is 5. The lowest BCUT2D eigenvalue weighted by Crippen LogP contribution is -2.05. The first-order chi connectivity index (χ1) is 24.1. The van der Waals surface area contributed by atoms with Crippen LogP contribution in [-0.4, -0.2) is 15.0 Å². The topological polar surface area (TPSA) is 38.7 Å². The molecule has 0 bridgehead atoms. The van der Waals surface area contributed by atoms with Gasteiger partial charge in [-0.05, 0) is 63.3 Å². The number of allylic oxidation sites excluding steroid dienone is 5. The van der Waals surface area contributed by atoms with Crippen molar-refractivity contribution in [2.45, 2.75) is 26.7 Å². The Labute approximate surface area is 290 Å². The number of rotatable bonds is 4. The van der Waals surface area contributed by atoms with Gasteiger partial charge in [0.1, 0.15) is 0 Å². The first-order valence-corrected chi connectivity index (χ1v) is 18.1. The van der Waals surface area contributed by atoms with Crippen molar-refractivity contribution >= 4 is 43.3 Å². The van der Waals surface area contributed by atoms with Crippen LogP contribution in [0.2, 0.25) is 0 Å². The highest BCUT2D eigenvalue weighted by atomic mass is 32.1. The zero-order valence-corrected chi connectivity index (χ0v) is 28.3. The molecule has 0 saturated heterocycles. The highest BCUT2D eigenvalue weighted by Crippen LogP contribution is 2.54. The maximum atomic E-state index is 5.19. The maximum Gasteiger partial charge on any atom is 0.164 e. The van der Waals surface area contributed by atoms with E-state index < -0.39 is 0 Å². The summed E-state index contributed by atoms with van der Waals surface area (Å²) in [6.07, 6.45) is 11.3. The van der Waals surface area contributed by atoms with Crippen LogP contribution in [0.1, 0.15) is 42.1 Å². The van der Waals surface area contributed by atoms with Crippen LogP contribution in [0.5, 0.6) is 0 Å². The van der Waals surface area contributed by atoms with E-state index in [0.29, 0.717) is 29.3 Å². The molecule has 0 fully saturated rings. The maximum absolute atomic E-state index is 5.19. The average molecular weight is 648 g/mol. The Morgan fingerprint density at radius 2 is 1.27 bits per heavy atom. The van der Waals surface area contributed by atoms with Crippen LogP contribution in [0.25, 0.3) is 77.0 Å². The molecule has 4 heteroatoms. The molecule has 3 aliphatic carbocycles. The van der Waals surface area contributed by atoms with Crippen molar-refractivity contribution in [3.05, 3.63) is 149 Å². The predicted molar refractivity (Wildman–Crippen MR) is 205 cm³/mol. The van der Waals surface area contributed by atoms with Gasteiger partial charge >= 0.3 is 0 Å². The van der Waals surface area contributed by atoms with E-state index in [1.807, 2.05) is 29.5 Å². The predicted octanol–water partition coefficient (Wildman–Crippen LogP) is 11.8. The molecule has 3 nitrogen and oxygen atoms in total. The molecule has 7 aromatic rings. The van der Waals surface area contributed by atoms with E-state index in [0.717, 1.165) is 35.1 Å². The quantitative estimate of drug-likeness (QED) is 0.191. The van der Waals surface area contributed by atoms with Gasteiger partial charge < -0.3 is 0 Å². The summed E-state index contributed by atoms with van der Waals surface area (Å²) in [5, 5.41) is 4.03. The van der Waals surface area contributed by atoms with Gasteiger partial charge in [-0.3, -0.25) is 0 Å². The lowest BCUT2D eigenvalue weighted by molar-refractivity contribution is 0.725. The molecule has 10 rings (SSSR count). The Kier molecular flexibility index (Phi) is 6.44. The van der Waals surface area contributed by atoms with Crippen LogP contribution in [0.15, 0.2) is 127 Å². The van der Waals surface area contributed by atoms with Crippen molar-refractivity contribution < 1.29 is 0 Å². The number of hydrogen-bond donors (Lipinski definition) is 0. The van der Waals surface area contributed by atoms with Gasteiger partial charge in [0.15, 0.2) is 17.5 Å². The Bertz CT molecular complexity index is 2580. The van der Waals surface area contributed by atoms with Crippen molar-refractivity contribution in [1.82, 2.24) is 15.0 Å². The molecule has 0 radical (unpaired) electrons. The SMILES string of the molecule is CC1C=C(c2nc(-c3ccccc3)nc(-c3ccccc3-c3ccc4c5c6c(sc35)CC(C)C=C6c3cccc5cccc-4c35)n2)C=CC1. The Morgan fingerprint density at radius 3 is 2.10 bits per heavy atom. The van der Waals surface area contributed by atoms with Crippen LogP contribution in [0, 0.1) is 11.8 Å². The second kappa shape index (κ2) is 11.0. The molecule has 5 aromatic carbocycles. The van der Waals surface area contributed by atoms with Gasteiger partial charge in [0.05, 0.1) is 0 Å². The summed E-state index contributed by atoms with van der Waals surface area (Å²) in [7, 11) is 0. The summed E-state index contributed by atoms with van der Waals surface area (Å²) in [6, 6.07) is 37.2. The third-order valence-corrected chi connectivity index (χ3v) is 11.5. The lowest BCUT2D eigenvalue weighted by Gasteiger charge is -2.20. The summed E-state index contributed by atoms with van der Waals surface area (Å²) < 4.78 is 1.34. The number of fused-ring (bicyclic) bond motifs is 2. The smallest absolute Gasteiger partial charge is 0.164 e. The first-order valence-electron chi connectivity index (χ1n) is 17.2. The fraction of sp³-hybridized carbons (Fsp3) is 0.133. The zero-order valence-electron chi connectivity index (χ0n) is 27.4. The van der Waals surface area contributed by atoms with Crippen LogP contribution >= 0.6 is 11.3 Å². The molecule has 0 aliphatic heterocycles. The summed E-state index contributed by atoms with van der Waals surface area (Å²) in [5.74, 6) is 3.01. The van der Waals surface area contributed by atoms with E-state index in [9.17, 15) is 0 Å². The minimum atomic E-state index is 0.436. The number of nitrogens with zero attached hydrogens (tertiary/aromatic N) is 3. The molecule has 49 heavy (non-hydrogen) atoms. The van der Waals surface area contributed by atoms with Crippen LogP contribution in [0.3, 0.4) is 0 Å². The average Bonchev–Trinajstić information content (AvgIpc) is 3.48. The summed E-state index contributed by atoms with van der Waals surface area (Å²) in [4.78, 5) is 16.9. The van der Waals surface area contributed by atoms with Gasteiger partial charge in [0.25, 0.3) is 0 Å². The fourth-order valence-electron chi connectivity index (χ4n) is 8.09. The van der Waals surface area contributed by atoms with Crippen molar-refractivity contribution in [2.75, 3.05) is 0 Å². The van der Waals surface area contributed by atoms with E-state index in [-0.39, 0.29) is 0 Å². The molecule has 0 spiro atoms. The van der Waals surface area contributed by atoms with E-state index in [1.165, 1.54) is 59.1 Å². The Balaban J connectivity index is 1.23. The van der Waals surface area contributed by atoms with Gasteiger partial charge in [0, 0.05) is 42.8 Å². The van der Waals surface area contributed by atoms with Gasteiger partial charge in [-0.15, -0.1) is 11.3 Å². The van der Waals surface area contributed by atoms with E-state index in [2.05, 4.69) is 123 Å². The third kappa shape index (κ3) is 4.51. The number of thiophene rings is 1. The molecule has 2 aromatic heterocycles. The molecule has 0 saturated carbocycles. The highest BCUT2D eigenvalue weighted by molar-refractivity contribution is 7.20. The summed E-state index contributed by atoms with van der Waals surface area (Å²) in [5.41, 5.74) is 12.2. The van der Waals surface area contributed by atoms with Gasteiger partial charge in [-0.2, -0.15) is 0 Å². The minimum Gasteiger partial charge on any atom is -0.208 e. The monoisotopic (exact) mass is 647 g/mol. The molecule has 0 amide bonds. The second-order valence-corrected chi connectivity index (χ2v) is 14.8. The molecule has 2 heterocycles. The van der Waals surface area contributed by atoms with E-state index >= 15 is 0 Å². The normalized spacial score (nSPS) is 17.6. The van der Waals surface area contributed by atoms with Crippen molar-refractivity contribution in [3.8, 4) is 45.0 Å². The van der Waals surface area contributed by atoms with Gasteiger partial charge in [0.2, 0.25) is 0 Å². The molecule has 2 atom stereocenters. The first kappa shape index (κ1) is 28.6. The van der Waals surface area contributed by atoms with E-state index in [4.69, 9.17) is 15.0 Å². The number of hydrogen-bond acceptors (Lipinski definition) is 4. The van der Waals surface area contributed by atoms with Gasteiger partial charge in [-0.1, -0.05) is 141 Å². The fourth-order valence-corrected chi connectivity index (χ4v) is 9.60. The zero-order chi connectivity index (χ0) is 32.6. The molecule has 2 unspecified atom stereocenters. The summed E-state index contributed by atoms with van der Waals surface area (Å²) >= 11 is 1.97. The molecule has 3 aliphatic rings. The molecule has 234 valence electrons. The number of aromatic nitrogens is 3. The molecule has 0 N–H and O–H groups in total. The van der Waals surface area contributed by atoms with Crippen molar-refractivity contribution in [3.63, 3.8) is 0 Å².